The van der Waals surface area contributed by atoms with Crippen molar-refractivity contribution in [3.05, 3.63) is 143 Å². The molecule has 8 heteroatoms. The van der Waals surface area contributed by atoms with E-state index in [2.05, 4.69) is 9.97 Å². The zero-order valence-corrected chi connectivity index (χ0v) is 28.1. The number of benzene rings is 4. The quantitative estimate of drug-likeness (QED) is 0.109. The summed E-state index contributed by atoms with van der Waals surface area (Å²) in [6, 6.07) is 33.0. The van der Waals surface area contributed by atoms with Gasteiger partial charge in [-0.3, -0.25) is 4.98 Å². The monoisotopic (exact) mass is 682 g/mol. The van der Waals surface area contributed by atoms with Crippen molar-refractivity contribution in [3.8, 4) is 67.5 Å². The molecule has 5 heterocycles. The number of aromatic amines is 2. The highest BCUT2D eigenvalue weighted by molar-refractivity contribution is 5.94. The van der Waals surface area contributed by atoms with Gasteiger partial charge in [0.05, 0.1) is 22.8 Å². The zero-order chi connectivity index (χ0) is 35.3. The van der Waals surface area contributed by atoms with Crippen LogP contribution in [-0.4, -0.2) is 40.4 Å². The summed E-state index contributed by atoms with van der Waals surface area (Å²) in [6.07, 6.45) is 6.72. The molecule has 0 amide bonds. The van der Waals surface area contributed by atoms with Crippen LogP contribution in [0.4, 0.5) is 0 Å². The molecule has 8 nitrogen and oxygen atoms in total. The Morgan fingerprint density at radius 1 is 0.404 bits per heavy atom. The van der Waals surface area contributed by atoms with E-state index in [-0.39, 0.29) is 23.0 Å². The first-order valence-corrected chi connectivity index (χ1v) is 17.3. The largest absolute Gasteiger partial charge is 0.508 e. The summed E-state index contributed by atoms with van der Waals surface area (Å²) in [5.74, 6) is 0.636. The lowest BCUT2D eigenvalue weighted by molar-refractivity contribution is 0.475. The summed E-state index contributed by atoms with van der Waals surface area (Å²) >= 11 is 0. The third-order valence-electron chi connectivity index (χ3n) is 9.89. The lowest BCUT2D eigenvalue weighted by Crippen LogP contribution is -1.93. The highest BCUT2D eigenvalue weighted by atomic mass is 16.3. The number of aromatic nitrogens is 4. The molecule has 0 unspecified atom stereocenters. The molecule has 6 aromatic rings. The Morgan fingerprint density at radius 2 is 0.827 bits per heavy atom. The predicted octanol–water partition coefficient (Wildman–Crippen LogP) is 9.27. The van der Waals surface area contributed by atoms with Crippen LogP contribution in [0.15, 0.2) is 109 Å². The van der Waals surface area contributed by atoms with Gasteiger partial charge in [0, 0.05) is 44.7 Å². The van der Waals surface area contributed by atoms with Gasteiger partial charge in [0.15, 0.2) is 0 Å². The molecular formula is C44H34N4O4. The van der Waals surface area contributed by atoms with E-state index in [9.17, 15) is 20.4 Å². The fraction of sp³-hybridized carbons (Fsp3) is 0.0909. The maximum absolute atomic E-state index is 10.6. The van der Waals surface area contributed by atoms with Crippen molar-refractivity contribution in [1.82, 2.24) is 19.9 Å². The van der Waals surface area contributed by atoms with Gasteiger partial charge in [-0.15, -0.1) is 0 Å². The minimum absolute atomic E-state index is 0.144. The summed E-state index contributed by atoms with van der Waals surface area (Å²) in [5.41, 5.74) is 13.6. The molecule has 3 aliphatic rings. The topological polar surface area (TPSA) is 138 Å². The molecule has 0 fully saturated rings. The Morgan fingerprint density at radius 3 is 1.37 bits per heavy atom. The van der Waals surface area contributed by atoms with Crippen LogP contribution >= 0.6 is 0 Å². The molecule has 2 aromatic heterocycles. The van der Waals surface area contributed by atoms with Gasteiger partial charge < -0.3 is 30.4 Å². The molecule has 4 aromatic carbocycles. The summed E-state index contributed by atoms with van der Waals surface area (Å²) in [6.45, 7) is 0. The first kappa shape index (κ1) is 31.2. The second-order valence-electron chi connectivity index (χ2n) is 13.3. The average Bonchev–Trinajstić information content (AvgIpc) is 3.96. The number of fused-ring (bicyclic) bond motifs is 8. The number of nitrogens with zero attached hydrogens (tertiary/aromatic N) is 2. The van der Waals surface area contributed by atoms with Gasteiger partial charge in [-0.2, -0.15) is 0 Å². The van der Waals surface area contributed by atoms with Crippen LogP contribution in [0.25, 0.3) is 67.7 Å². The lowest BCUT2D eigenvalue weighted by atomic mass is 9.98. The molecule has 0 saturated heterocycles. The van der Waals surface area contributed by atoms with Crippen LogP contribution in [0.3, 0.4) is 0 Å². The van der Waals surface area contributed by atoms with Crippen molar-refractivity contribution >= 4 is 23.2 Å². The van der Waals surface area contributed by atoms with Crippen LogP contribution in [-0.2, 0) is 25.7 Å². The van der Waals surface area contributed by atoms with E-state index in [1.807, 2.05) is 72.8 Å². The van der Waals surface area contributed by atoms with Crippen LogP contribution in [0.5, 0.6) is 23.0 Å². The minimum Gasteiger partial charge on any atom is -0.508 e. The Hall–Kier alpha value is -6.80. The smallest absolute Gasteiger partial charge is 0.116 e. The summed E-state index contributed by atoms with van der Waals surface area (Å²) in [4.78, 5) is 18.0. The van der Waals surface area contributed by atoms with E-state index in [1.54, 1.807) is 48.5 Å². The van der Waals surface area contributed by atoms with E-state index in [1.165, 1.54) is 0 Å². The second kappa shape index (κ2) is 12.5. The van der Waals surface area contributed by atoms with Gasteiger partial charge in [-0.05, 0) is 121 Å². The first-order valence-electron chi connectivity index (χ1n) is 17.3. The molecule has 52 heavy (non-hydrogen) atoms. The van der Waals surface area contributed by atoms with Crippen molar-refractivity contribution in [2.75, 3.05) is 0 Å². The fourth-order valence-corrected chi connectivity index (χ4v) is 7.69. The van der Waals surface area contributed by atoms with Gasteiger partial charge >= 0.3 is 0 Å². The summed E-state index contributed by atoms with van der Waals surface area (Å²) in [5, 5.41) is 42.4. The fourth-order valence-electron chi connectivity index (χ4n) is 7.69. The normalized spacial score (nSPS) is 12.9. The maximum Gasteiger partial charge on any atom is 0.116 e. The highest BCUT2D eigenvalue weighted by Gasteiger charge is 2.24. The average molecular weight is 683 g/mol. The van der Waals surface area contributed by atoms with E-state index in [4.69, 9.17) is 9.97 Å². The third-order valence-corrected chi connectivity index (χ3v) is 9.89. The molecule has 9 rings (SSSR count). The van der Waals surface area contributed by atoms with Crippen LogP contribution in [0, 0.1) is 0 Å². The minimum atomic E-state index is 0.144. The number of nitrogens with one attached hydrogen (secondary N) is 2. The molecule has 6 N–H and O–H groups in total. The number of H-pyrrole nitrogens is 2. The zero-order valence-electron chi connectivity index (χ0n) is 28.1. The summed E-state index contributed by atoms with van der Waals surface area (Å²) in [7, 11) is 0. The van der Waals surface area contributed by atoms with E-state index < -0.39 is 0 Å². The predicted molar refractivity (Wildman–Crippen MR) is 204 cm³/mol. The van der Waals surface area contributed by atoms with Crippen molar-refractivity contribution in [3.63, 3.8) is 0 Å². The maximum atomic E-state index is 10.6. The molecule has 0 spiro atoms. The van der Waals surface area contributed by atoms with Crippen LogP contribution < -0.4 is 0 Å². The number of phenols is 4. The van der Waals surface area contributed by atoms with Gasteiger partial charge in [0.2, 0.25) is 0 Å². The molecule has 8 bridgehead atoms. The van der Waals surface area contributed by atoms with Crippen molar-refractivity contribution in [2.45, 2.75) is 25.7 Å². The second-order valence-corrected chi connectivity index (χ2v) is 13.3. The molecule has 0 aliphatic carbocycles. The third kappa shape index (κ3) is 5.60. The molecule has 0 atom stereocenters. The molecule has 0 radical (unpaired) electrons. The standard InChI is InChI=1S/C44H34N4O4/c49-29-9-1-5-25(21-29)41-33-13-15-35(45-33)42(26-6-2-10-30(50)22-26)37-17-19-39(47-37)44(28-8-4-12-32(52)24-28)40-20-18-38(48-40)43(36-16-14-34(41)46-36)27-7-3-11-31(51)23-27/h1-16,21-24,45,48-52H,17-20H2. The first-order chi connectivity index (χ1) is 25.4. The number of hydrogen-bond acceptors (Lipinski definition) is 6. The number of aromatic hydroxyl groups is 4. The number of hydrogen-bond donors (Lipinski definition) is 6. The molecule has 254 valence electrons. The molecule has 0 saturated carbocycles. The number of phenolic OH excluding ortho intramolecular Hbond substituents is 4. The molecule has 3 aliphatic heterocycles. The van der Waals surface area contributed by atoms with Gasteiger partial charge in [0.1, 0.15) is 23.0 Å². The summed E-state index contributed by atoms with van der Waals surface area (Å²) < 4.78 is 0. The Labute approximate surface area is 299 Å². The van der Waals surface area contributed by atoms with Crippen molar-refractivity contribution < 1.29 is 20.4 Å². The SMILES string of the molecule is Oc1cccc(-c2c3nc(c(-c4cccc(O)c4)c4ccc([nH]4)c(-c4cccc(O)c4)c4nc(c(-c5cccc(O)c5)c5[nH]c2CC5)CC4)C=C3)c1. The highest BCUT2D eigenvalue weighted by Crippen LogP contribution is 2.40. The Bertz CT molecular complexity index is 2650. The lowest BCUT2D eigenvalue weighted by Gasteiger charge is -2.08. The van der Waals surface area contributed by atoms with Gasteiger partial charge in [-0.1, -0.05) is 48.5 Å². The number of rotatable bonds is 4. The Kier molecular flexibility index (Phi) is 7.51. The van der Waals surface area contributed by atoms with Gasteiger partial charge in [-0.25, -0.2) is 4.98 Å². The van der Waals surface area contributed by atoms with Crippen molar-refractivity contribution in [1.29, 1.82) is 0 Å². The molecular weight excluding hydrogens is 649 g/mol. The van der Waals surface area contributed by atoms with Crippen LogP contribution in [0.2, 0.25) is 0 Å². The van der Waals surface area contributed by atoms with Crippen LogP contribution in [0.1, 0.15) is 34.2 Å². The van der Waals surface area contributed by atoms with Gasteiger partial charge in [0.25, 0.3) is 0 Å². The number of aryl methyl sites for hydroxylation is 4. The Balaban J connectivity index is 1.47. The van der Waals surface area contributed by atoms with E-state index >= 15 is 0 Å². The van der Waals surface area contributed by atoms with E-state index in [0.29, 0.717) is 31.4 Å². The van der Waals surface area contributed by atoms with Crippen molar-refractivity contribution in [2.24, 2.45) is 0 Å². The van der Waals surface area contributed by atoms with E-state index in [0.717, 1.165) is 84.0 Å².